The van der Waals surface area contributed by atoms with Crippen molar-refractivity contribution in [2.45, 2.75) is 33.0 Å². The summed E-state index contributed by atoms with van der Waals surface area (Å²) in [7, 11) is 3.51. The first kappa shape index (κ1) is 21.6. The number of anilines is 1. The summed E-state index contributed by atoms with van der Waals surface area (Å²) in [5.74, 6) is 0.590. The molecule has 0 aliphatic rings. The van der Waals surface area contributed by atoms with Crippen LogP contribution in [0.15, 0.2) is 65.2 Å². The highest BCUT2D eigenvalue weighted by Gasteiger charge is 2.26. The SMILES string of the molecule is COCC(=O)N(Cc1ccccc1)Cc1c(-c2ccccc2)noc1N(C)C(C)C. The number of carbonyl (C=O) groups is 1. The van der Waals surface area contributed by atoms with Crippen molar-refractivity contribution in [3.05, 3.63) is 71.8 Å². The highest BCUT2D eigenvalue weighted by atomic mass is 16.5. The van der Waals surface area contributed by atoms with Gasteiger partial charge in [0.1, 0.15) is 12.3 Å². The Morgan fingerprint density at radius 2 is 1.67 bits per heavy atom. The fourth-order valence-corrected chi connectivity index (χ4v) is 3.22. The van der Waals surface area contributed by atoms with E-state index in [1.807, 2.05) is 72.6 Å². The van der Waals surface area contributed by atoms with Crippen LogP contribution in [0.5, 0.6) is 0 Å². The number of rotatable bonds is 9. The lowest BCUT2D eigenvalue weighted by Gasteiger charge is -2.26. The molecule has 1 aromatic heterocycles. The van der Waals surface area contributed by atoms with E-state index < -0.39 is 0 Å². The van der Waals surface area contributed by atoms with Gasteiger partial charge in [0.25, 0.3) is 0 Å². The van der Waals surface area contributed by atoms with Crippen LogP contribution in [0.4, 0.5) is 5.88 Å². The molecular formula is C24H29N3O3. The third kappa shape index (κ3) is 5.07. The lowest BCUT2D eigenvalue weighted by molar-refractivity contribution is -0.136. The van der Waals surface area contributed by atoms with Crippen LogP contribution in [0, 0.1) is 0 Å². The third-order valence-corrected chi connectivity index (χ3v) is 5.10. The molecule has 1 heterocycles. The summed E-state index contributed by atoms with van der Waals surface area (Å²) in [6.07, 6.45) is 0. The molecule has 0 saturated carbocycles. The smallest absolute Gasteiger partial charge is 0.249 e. The van der Waals surface area contributed by atoms with Gasteiger partial charge < -0.3 is 19.1 Å². The fourth-order valence-electron chi connectivity index (χ4n) is 3.22. The second kappa shape index (κ2) is 10.1. The number of aromatic nitrogens is 1. The summed E-state index contributed by atoms with van der Waals surface area (Å²) in [5, 5.41) is 4.37. The number of carbonyl (C=O) groups excluding carboxylic acids is 1. The highest BCUT2D eigenvalue weighted by molar-refractivity contribution is 5.78. The van der Waals surface area contributed by atoms with E-state index in [0.29, 0.717) is 19.0 Å². The van der Waals surface area contributed by atoms with Crippen molar-refractivity contribution in [3.8, 4) is 11.3 Å². The number of ether oxygens (including phenoxy) is 1. The number of hydrogen-bond acceptors (Lipinski definition) is 5. The van der Waals surface area contributed by atoms with E-state index in [1.165, 1.54) is 7.11 Å². The van der Waals surface area contributed by atoms with Gasteiger partial charge in [0.05, 0.1) is 12.1 Å². The van der Waals surface area contributed by atoms with E-state index in [-0.39, 0.29) is 18.6 Å². The molecule has 158 valence electrons. The summed E-state index contributed by atoms with van der Waals surface area (Å²) in [6, 6.07) is 20.1. The monoisotopic (exact) mass is 407 g/mol. The average molecular weight is 408 g/mol. The van der Waals surface area contributed by atoms with E-state index in [0.717, 1.165) is 22.4 Å². The fraction of sp³-hybridized carbons (Fsp3) is 0.333. The summed E-state index contributed by atoms with van der Waals surface area (Å²) < 4.78 is 10.9. The summed E-state index contributed by atoms with van der Waals surface area (Å²) in [4.78, 5) is 16.7. The van der Waals surface area contributed by atoms with Crippen molar-refractivity contribution in [1.29, 1.82) is 0 Å². The molecule has 2 aromatic carbocycles. The number of methoxy groups -OCH3 is 1. The molecule has 0 N–H and O–H groups in total. The van der Waals surface area contributed by atoms with Crippen molar-refractivity contribution < 1.29 is 14.1 Å². The van der Waals surface area contributed by atoms with Crippen LogP contribution >= 0.6 is 0 Å². The Kier molecular flexibility index (Phi) is 7.25. The van der Waals surface area contributed by atoms with Crippen LogP contribution < -0.4 is 4.90 Å². The molecule has 1 amide bonds. The minimum absolute atomic E-state index is 0.0220. The van der Waals surface area contributed by atoms with Gasteiger partial charge in [-0.3, -0.25) is 4.79 Å². The largest absolute Gasteiger partial charge is 0.375 e. The molecule has 0 bridgehead atoms. The van der Waals surface area contributed by atoms with Crippen molar-refractivity contribution in [2.24, 2.45) is 0 Å². The van der Waals surface area contributed by atoms with Crippen LogP contribution in [0.25, 0.3) is 11.3 Å². The average Bonchev–Trinajstić information content (AvgIpc) is 3.17. The van der Waals surface area contributed by atoms with Crippen molar-refractivity contribution in [2.75, 3.05) is 25.7 Å². The quantitative estimate of drug-likeness (QED) is 0.527. The number of hydrogen-bond donors (Lipinski definition) is 0. The lowest BCUT2D eigenvalue weighted by atomic mass is 10.1. The predicted molar refractivity (Wildman–Crippen MR) is 118 cm³/mol. The van der Waals surface area contributed by atoms with Gasteiger partial charge in [-0.15, -0.1) is 0 Å². The predicted octanol–water partition coefficient (Wildman–Crippen LogP) is 4.36. The molecule has 3 aromatic rings. The van der Waals surface area contributed by atoms with E-state index in [4.69, 9.17) is 9.26 Å². The van der Waals surface area contributed by atoms with Crippen LogP contribution in [-0.4, -0.2) is 42.8 Å². The molecule has 0 fully saturated rings. The Morgan fingerprint density at radius 3 is 2.27 bits per heavy atom. The standard InChI is InChI=1S/C24H29N3O3/c1-18(2)26(3)24-21(23(25-30-24)20-13-9-6-10-14-20)16-27(22(28)17-29-4)15-19-11-7-5-8-12-19/h5-14,18H,15-17H2,1-4H3. The van der Waals surface area contributed by atoms with Gasteiger partial charge in [0.15, 0.2) is 0 Å². The molecule has 0 radical (unpaired) electrons. The zero-order valence-electron chi connectivity index (χ0n) is 18.0. The second-order valence-corrected chi connectivity index (χ2v) is 7.55. The first-order chi connectivity index (χ1) is 14.5. The Morgan fingerprint density at radius 1 is 1.03 bits per heavy atom. The van der Waals surface area contributed by atoms with Gasteiger partial charge in [-0.25, -0.2) is 0 Å². The molecule has 0 unspecified atom stereocenters. The van der Waals surface area contributed by atoms with E-state index in [2.05, 4.69) is 19.0 Å². The zero-order chi connectivity index (χ0) is 21.5. The highest BCUT2D eigenvalue weighted by Crippen LogP contribution is 2.33. The van der Waals surface area contributed by atoms with Crippen molar-refractivity contribution in [1.82, 2.24) is 10.1 Å². The van der Waals surface area contributed by atoms with Gasteiger partial charge >= 0.3 is 0 Å². The number of amides is 1. The van der Waals surface area contributed by atoms with E-state index in [9.17, 15) is 4.79 Å². The van der Waals surface area contributed by atoms with Crippen LogP contribution in [-0.2, 0) is 22.6 Å². The molecule has 30 heavy (non-hydrogen) atoms. The molecular weight excluding hydrogens is 378 g/mol. The Hall–Kier alpha value is -3.12. The van der Waals surface area contributed by atoms with Gasteiger partial charge in [0.2, 0.25) is 11.8 Å². The number of benzene rings is 2. The maximum Gasteiger partial charge on any atom is 0.249 e. The van der Waals surface area contributed by atoms with Gasteiger partial charge in [0, 0.05) is 32.3 Å². The molecule has 0 saturated heterocycles. The third-order valence-electron chi connectivity index (χ3n) is 5.10. The van der Waals surface area contributed by atoms with Gasteiger partial charge in [-0.1, -0.05) is 65.8 Å². The topological polar surface area (TPSA) is 58.8 Å². The molecule has 3 rings (SSSR count). The normalized spacial score (nSPS) is 11.0. The Labute approximate surface area is 178 Å². The van der Waals surface area contributed by atoms with Crippen LogP contribution in [0.2, 0.25) is 0 Å². The molecule has 0 aliphatic carbocycles. The van der Waals surface area contributed by atoms with Gasteiger partial charge in [-0.2, -0.15) is 0 Å². The first-order valence-electron chi connectivity index (χ1n) is 10.1. The second-order valence-electron chi connectivity index (χ2n) is 7.55. The molecule has 0 spiro atoms. The number of nitrogens with zero attached hydrogens (tertiary/aromatic N) is 3. The molecule has 0 atom stereocenters. The maximum absolute atomic E-state index is 12.9. The van der Waals surface area contributed by atoms with Crippen molar-refractivity contribution >= 4 is 11.8 Å². The maximum atomic E-state index is 12.9. The van der Waals surface area contributed by atoms with E-state index >= 15 is 0 Å². The van der Waals surface area contributed by atoms with Crippen molar-refractivity contribution in [3.63, 3.8) is 0 Å². The Balaban J connectivity index is 2.01. The van der Waals surface area contributed by atoms with Crippen LogP contribution in [0.1, 0.15) is 25.0 Å². The summed E-state index contributed by atoms with van der Waals surface area (Å²) >= 11 is 0. The Bertz CT molecular complexity index is 939. The molecule has 0 aliphatic heterocycles. The summed E-state index contributed by atoms with van der Waals surface area (Å²) in [5.41, 5.74) is 3.65. The molecule has 6 nitrogen and oxygen atoms in total. The zero-order valence-corrected chi connectivity index (χ0v) is 18.0. The lowest BCUT2D eigenvalue weighted by Crippen LogP contribution is -2.34. The van der Waals surface area contributed by atoms with Crippen LogP contribution in [0.3, 0.4) is 0 Å². The minimum atomic E-state index is -0.0836. The summed E-state index contributed by atoms with van der Waals surface area (Å²) in [6.45, 7) is 5.05. The van der Waals surface area contributed by atoms with Gasteiger partial charge in [-0.05, 0) is 19.4 Å². The first-order valence-corrected chi connectivity index (χ1v) is 10.1. The minimum Gasteiger partial charge on any atom is -0.375 e. The van der Waals surface area contributed by atoms with E-state index in [1.54, 1.807) is 4.90 Å². The molecule has 6 heteroatoms.